The minimum atomic E-state index is -1.96. The maximum Gasteiger partial charge on any atom is 0.242 e. The first-order valence-corrected chi connectivity index (χ1v) is 7.17. The van der Waals surface area contributed by atoms with E-state index < -0.39 is 24.5 Å². The van der Waals surface area contributed by atoms with E-state index in [4.69, 9.17) is 39.8 Å². The summed E-state index contributed by atoms with van der Waals surface area (Å²) in [4.78, 5) is 22.9. The van der Waals surface area contributed by atoms with E-state index >= 15 is 0 Å². The van der Waals surface area contributed by atoms with Gasteiger partial charge < -0.3 is 36.4 Å². The molecule has 1 aromatic carbocycles. The van der Waals surface area contributed by atoms with Crippen LogP contribution in [0.25, 0.3) is 11.3 Å². The Morgan fingerprint density at radius 1 is 1.20 bits per heavy atom. The number of carboxylic acids is 2. The van der Waals surface area contributed by atoms with Gasteiger partial charge in [0, 0.05) is 18.0 Å². The maximum atomic E-state index is 9.58. The number of benzene rings is 1. The molecule has 0 saturated carbocycles. The number of carbonyl (C=O) groups is 2. The summed E-state index contributed by atoms with van der Waals surface area (Å²) < 4.78 is 0. The van der Waals surface area contributed by atoms with Crippen LogP contribution in [-0.2, 0) is 9.59 Å². The van der Waals surface area contributed by atoms with Crippen LogP contribution in [0.2, 0.25) is 10.0 Å². The van der Waals surface area contributed by atoms with Crippen molar-refractivity contribution in [1.82, 2.24) is 15.2 Å². The highest BCUT2D eigenvalue weighted by Gasteiger charge is 2.12. The SMILES string of the molecule is Nc1nnc(-c2cccc(Cl)c2Cl)c(N)n1.O=C([O-])CC(O)C(=O)[O-]. The van der Waals surface area contributed by atoms with Gasteiger partial charge in [-0.1, -0.05) is 35.3 Å². The van der Waals surface area contributed by atoms with Crippen molar-refractivity contribution < 1.29 is 24.9 Å². The van der Waals surface area contributed by atoms with Crippen molar-refractivity contribution in [2.24, 2.45) is 0 Å². The molecule has 134 valence electrons. The molecule has 1 atom stereocenters. The number of nitrogens with zero attached hydrogens (tertiary/aromatic N) is 3. The Bertz CT molecular complexity index is 789. The average Bonchev–Trinajstić information content (AvgIpc) is 2.50. The molecule has 1 aromatic heterocycles. The third-order valence-corrected chi connectivity index (χ3v) is 3.39. The quantitative estimate of drug-likeness (QED) is 0.541. The van der Waals surface area contributed by atoms with E-state index in [9.17, 15) is 19.8 Å². The molecule has 0 fully saturated rings. The summed E-state index contributed by atoms with van der Waals surface area (Å²) in [6, 6.07) is 5.13. The van der Waals surface area contributed by atoms with Crippen molar-refractivity contribution in [2.45, 2.75) is 12.5 Å². The largest absolute Gasteiger partial charge is 0.550 e. The predicted molar refractivity (Wildman–Crippen MR) is 84.7 cm³/mol. The van der Waals surface area contributed by atoms with Crippen LogP contribution in [0, 0.1) is 0 Å². The highest BCUT2D eigenvalue weighted by Crippen LogP contribution is 2.33. The van der Waals surface area contributed by atoms with Crippen molar-refractivity contribution in [3.05, 3.63) is 28.2 Å². The summed E-state index contributed by atoms with van der Waals surface area (Å²) in [6.45, 7) is 0. The molecule has 0 spiro atoms. The van der Waals surface area contributed by atoms with Gasteiger partial charge in [-0.2, -0.15) is 4.98 Å². The number of anilines is 2. The van der Waals surface area contributed by atoms with Crippen molar-refractivity contribution in [3.63, 3.8) is 0 Å². The zero-order chi connectivity index (χ0) is 19.1. The number of halogens is 2. The minimum Gasteiger partial charge on any atom is -0.550 e. The smallest absolute Gasteiger partial charge is 0.242 e. The molecule has 0 aliphatic carbocycles. The van der Waals surface area contributed by atoms with Crippen LogP contribution in [0.5, 0.6) is 0 Å². The number of carbonyl (C=O) groups excluding carboxylic acids is 2. The first-order valence-electron chi connectivity index (χ1n) is 6.42. The average molecular weight is 388 g/mol. The van der Waals surface area contributed by atoms with Crippen LogP contribution in [0.4, 0.5) is 11.8 Å². The normalized spacial score (nSPS) is 11.2. The van der Waals surface area contributed by atoms with Crippen molar-refractivity contribution in [1.29, 1.82) is 0 Å². The number of hydrogen-bond donors (Lipinski definition) is 3. The lowest BCUT2D eigenvalue weighted by Gasteiger charge is -2.10. The molecule has 25 heavy (non-hydrogen) atoms. The van der Waals surface area contributed by atoms with E-state index in [0.29, 0.717) is 21.3 Å². The Labute approximate surface area is 151 Å². The van der Waals surface area contributed by atoms with Gasteiger partial charge >= 0.3 is 0 Å². The third kappa shape index (κ3) is 6.03. The lowest BCUT2D eigenvalue weighted by Crippen LogP contribution is -2.39. The minimum absolute atomic E-state index is 0.0133. The summed E-state index contributed by atoms with van der Waals surface area (Å²) in [7, 11) is 0. The molecule has 2 aromatic rings. The second-order valence-corrected chi connectivity index (χ2v) is 5.20. The maximum absolute atomic E-state index is 9.58. The third-order valence-electron chi connectivity index (χ3n) is 2.57. The standard InChI is InChI=1S/C9H7Cl2N5.C4H6O5/c10-5-3-1-2-4(6(5)11)7-8(12)14-9(13)16-15-7;5-2(4(8)9)1-3(6)7/h1-3H,(H4,12,13,14,16);2,5H,1H2,(H,6,7)(H,8,9)/p-2. The summed E-state index contributed by atoms with van der Waals surface area (Å²) in [5.41, 5.74) is 12.0. The number of aliphatic carboxylic acids is 2. The van der Waals surface area contributed by atoms with Gasteiger partial charge in [0.1, 0.15) is 5.69 Å². The van der Waals surface area contributed by atoms with Crippen molar-refractivity contribution in [3.8, 4) is 11.3 Å². The first kappa shape index (κ1) is 20.4. The summed E-state index contributed by atoms with van der Waals surface area (Å²) in [5.74, 6) is -3.25. The van der Waals surface area contributed by atoms with E-state index in [2.05, 4.69) is 15.2 Å². The van der Waals surface area contributed by atoms with Gasteiger partial charge in [-0.05, 0) is 6.07 Å². The van der Waals surface area contributed by atoms with E-state index in [1.54, 1.807) is 18.2 Å². The molecule has 5 N–H and O–H groups in total. The number of hydrogen-bond acceptors (Lipinski definition) is 10. The Hall–Kier alpha value is -2.69. The number of nitrogens with two attached hydrogens (primary N) is 2. The monoisotopic (exact) mass is 387 g/mol. The van der Waals surface area contributed by atoms with Gasteiger partial charge in [0.25, 0.3) is 0 Å². The molecule has 2 rings (SSSR count). The summed E-state index contributed by atoms with van der Waals surface area (Å²) in [5, 5.41) is 35.6. The zero-order valence-electron chi connectivity index (χ0n) is 12.3. The molecule has 0 aliphatic rings. The van der Waals surface area contributed by atoms with Gasteiger partial charge in [-0.25, -0.2) is 0 Å². The van der Waals surface area contributed by atoms with Crippen LogP contribution in [0.15, 0.2) is 18.2 Å². The van der Waals surface area contributed by atoms with Crippen LogP contribution in [0.3, 0.4) is 0 Å². The van der Waals surface area contributed by atoms with Crippen LogP contribution in [0.1, 0.15) is 6.42 Å². The Kier molecular flexibility index (Phi) is 7.30. The molecule has 10 nitrogen and oxygen atoms in total. The highest BCUT2D eigenvalue weighted by atomic mass is 35.5. The van der Waals surface area contributed by atoms with Crippen LogP contribution in [-0.4, -0.2) is 38.3 Å². The van der Waals surface area contributed by atoms with E-state index in [-0.39, 0.29) is 11.8 Å². The van der Waals surface area contributed by atoms with E-state index in [0.717, 1.165) is 0 Å². The zero-order valence-corrected chi connectivity index (χ0v) is 13.9. The van der Waals surface area contributed by atoms with Crippen LogP contribution >= 0.6 is 23.2 Å². The molecule has 0 aliphatic heterocycles. The second kappa shape index (κ2) is 8.97. The van der Waals surface area contributed by atoms with Gasteiger partial charge in [-0.15, -0.1) is 10.2 Å². The molecule has 0 radical (unpaired) electrons. The Balaban J connectivity index is 0.000000299. The van der Waals surface area contributed by atoms with E-state index in [1.807, 2.05) is 0 Å². The number of carboxylic acid groups (broad SMARTS) is 2. The lowest BCUT2D eigenvalue weighted by molar-refractivity contribution is -0.323. The van der Waals surface area contributed by atoms with Gasteiger partial charge in [0.15, 0.2) is 5.82 Å². The molecular formula is C13H11Cl2N5O5-2. The predicted octanol–water partition coefficient (Wildman–Crippen LogP) is -1.75. The highest BCUT2D eigenvalue weighted by molar-refractivity contribution is 6.43. The van der Waals surface area contributed by atoms with Gasteiger partial charge in [0.2, 0.25) is 5.95 Å². The number of aliphatic hydroxyl groups excluding tert-OH is 1. The number of rotatable bonds is 4. The van der Waals surface area contributed by atoms with Gasteiger partial charge in [-0.3, -0.25) is 0 Å². The Morgan fingerprint density at radius 3 is 2.32 bits per heavy atom. The molecule has 0 bridgehead atoms. The Morgan fingerprint density at radius 2 is 1.84 bits per heavy atom. The van der Waals surface area contributed by atoms with Gasteiger partial charge in [0.05, 0.1) is 22.1 Å². The van der Waals surface area contributed by atoms with Crippen molar-refractivity contribution in [2.75, 3.05) is 11.5 Å². The van der Waals surface area contributed by atoms with E-state index in [1.165, 1.54) is 0 Å². The fourth-order valence-corrected chi connectivity index (χ4v) is 1.86. The van der Waals surface area contributed by atoms with Crippen molar-refractivity contribution >= 4 is 46.9 Å². The second-order valence-electron chi connectivity index (χ2n) is 4.42. The molecule has 0 amide bonds. The molecule has 1 heterocycles. The molecule has 1 unspecified atom stereocenters. The summed E-state index contributed by atoms with van der Waals surface area (Å²) in [6.07, 6.45) is -2.89. The first-order chi connectivity index (χ1) is 11.6. The molecule has 0 saturated heterocycles. The van der Waals surface area contributed by atoms with Crippen LogP contribution < -0.4 is 21.7 Å². The number of nitrogen functional groups attached to an aromatic ring is 2. The molecule has 12 heteroatoms. The topological polar surface area (TPSA) is 191 Å². The fourth-order valence-electron chi connectivity index (χ4n) is 1.47. The lowest BCUT2D eigenvalue weighted by atomic mass is 10.1. The summed E-state index contributed by atoms with van der Waals surface area (Å²) >= 11 is 11.9. The molecular weight excluding hydrogens is 377 g/mol. The fraction of sp³-hybridized carbons (Fsp3) is 0.154. The number of aliphatic hydroxyl groups is 1. The number of aromatic nitrogens is 3.